The van der Waals surface area contributed by atoms with E-state index in [1.54, 1.807) is 6.07 Å². The molecule has 0 aliphatic heterocycles. The maximum Gasteiger partial charge on any atom is 0.427 e. The van der Waals surface area contributed by atoms with Crippen molar-refractivity contribution in [1.29, 1.82) is 0 Å². The number of phenols is 1. The van der Waals surface area contributed by atoms with Crippen LogP contribution in [-0.2, 0) is 4.74 Å². The van der Waals surface area contributed by atoms with Crippen LogP contribution in [0.2, 0.25) is 0 Å². The zero-order valence-electron chi connectivity index (χ0n) is 9.53. The van der Waals surface area contributed by atoms with Crippen molar-refractivity contribution in [3.63, 3.8) is 0 Å². The fourth-order valence-electron chi connectivity index (χ4n) is 1.08. The molecular formula is C10H10Br2N2O4. The van der Waals surface area contributed by atoms with E-state index in [2.05, 4.69) is 47.1 Å². The Morgan fingerprint density at radius 1 is 1.50 bits per heavy atom. The van der Waals surface area contributed by atoms with Crippen molar-refractivity contribution in [2.75, 3.05) is 14.2 Å². The van der Waals surface area contributed by atoms with Crippen molar-refractivity contribution in [2.24, 2.45) is 5.10 Å². The summed E-state index contributed by atoms with van der Waals surface area (Å²) >= 11 is 6.58. The van der Waals surface area contributed by atoms with Crippen LogP contribution in [0.1, 0.15) is 5.56 Å². The summed E-state index contributed by atoms with van der Waals surface area (Å²) in [6.07, 6.45) is 0.563. The number of carbonyl (C=O) groups excluding carboxylic acids is 1. The first-order valence-electron chi connectivity index (χ1n) is 4.63. The third kappa shape index (κ3) is 3.36. The third-order valence-corrected chi connectivity index (χ3v) is 3.96. The fraction of sp³-hybridized carbons (Fsp3) is 0.200. The topological polar surface area (TPSA) is 80.2 Å². The van der Waals surface area contributed by atoms with Gasteiger partial charge in [0.05, 0.1) is 26.0 Å². The van der Waals surface area contributed by atoms with Gasteiger partial charge in [-0.2, -0.15) is 5.10 Å². The number of ether oxygens (including phenoxy) is 2. The predicted octanol–water partition coefficient (Wildman–Crippen LogP) is 2.62. The van der Waals surface area contributed by atoms with Gasteiger partial charge in [-0.25, -0.2) is 10.2 Å². The van der Waals surface area contributed by atoms with E-state index in [1.807, 2.05) is 0 Å². The van der Waals surface area contributed by atoms with E-state index >= 15 is 0 Å². The van der Waals surface area contributed by atoms with Crippen LogP contribution in [0.5, 0.6) is 11.5 Å². The van der Waals surface area contributed by atoms with Crippen LogP contribution >= 0.6 is 31.9 Å². The lowest BCUT2D eigenvalue weighted by Gasteiger charge is -2.09. The Kier molecular flexibility index (Phi) is 5.42. The number of nitrogens with zero attached hydrogens (tertiary/aromatic N) is 1. The molecule has 98 valence electrons. The molecule has 1 amide bonds. The van der Waals surface area contributed by atoms with Crippen molar-refractivity contribution in [2.45, 2.75) is 0 Å². The molecule has 0 radical (unpaired) electrons. The number of halogens is 2. The van der Waals surface area contributed by atoms with E-state index in [-0.39, 0.29) is 11.5 Å². The molecule has 0 saturated carbocycles. The summed E-state index contributed by atoms with van der Waals surface area (Å²) < 4.78 is 10.6. The minimum atomic E-state index is -0.705. The number of amides is 1. The van der Waals surface area contributed by atoms with Crippen LogP contribution in [0.4, 0.5) is 4.79 Å². The first-order valence-corrected chi connectivity index (χ1v) is 6.21. The highest BCUT2D eigenvalue weighted by atomic mass is 79.9. The number of hydrogen-bond donors (Lipinski definition) is 2. The summed E-state index contributed by atoms with van der Waals surface area (Å²) in [4.78, 5) is 10.8. The number of carbonyl (C=O) groups is 1. The number of benzene rings is 1. The van der Waals surface area contributed by atoms with Gasteiger partial charge in [-0.15, -0.1) is 0 Å². The quantitative estimate of drug-likeness (QED) is 0.623. The fourth-order valence-corrected chi connectivity index (χ4v) is 1.91. The summed E-state index contributed by atoms with van der Waals surface area (Å²) in [5, 5.41) is 13.5. The van der Waals surface area contributed by atoms with Gasteiger partial charge in [-0.3, -0.25) is 0 Å². The molecule has 0 fully saturated rings. The lowest BCUT2D eigenvalue weighted by molar-refractivity contribution is 0.171. The van der Waals surface area contributed by atoms with Crippen molar-refractivity contribution < 1.29 is 19.4 Å². The Labute approximate surface area is 120 Å². The Morgan fingerprint density at radius 3 is 2.72 bits per heavy atom. The van der Waals surface area contributed by atoms with Crippen LogP contribution in [0.15, 0.2) is 20.1 Å². The molecule has 1 rings (SSSR count). The summed E-state index contributed by atoms with van der Waals surface area (Å²) in [5.74, 6) is 0.188. The monoisotopic (exact) mass is 380 g/mol. The summed E-state index contributed by atoms with van der Waals surface area (Å²) in [7, 11) is 2.66. The lowest BCUT2D eigenvalue weighted by atomic mass is 10.2. The van der Waals surface area contributed by atoms with Crippen molar-refractivity contribution in [3.8, 4) is 11.5 Å². The maximum absolute atomic E-state index is 10.8. The number of methoxy groups -OCH3 is 2. The Morgan fingerprint density at radius 2 is 2.17 bits per heavy atom. The molecule has 0 heterocycles. The van der Waals surface area contributed by atoms with Gasteiger partial charge in [0.25, 0.3) is 0 Å². The molecule has 0 spiro atoms. The summed E-state index contributed by atoms with van der Waals surface area (Å²) in [5.41, 5.74) is 2.47. The van der Waals surface area contributed by atoms with Crippen LogP contribution in [0.25, 0.3) is 0 Å². The molecule has 0 aliphatic carbocycles. The second kappa shape index (κ2) is 6.60. The molecule has 2 N–H and O–H groups in total. The van der Waals surface area contributed by atoms with E-state index in [9.17, 15) is 9.90 Å². The number of hydrogen-bond acceptors (Lipinski definition) is 5. The van der Waals surface area contributed by atoms with E-state index in [1.165, 1.54) is 20.4 Å². The molecule has 0 aliphatic rings. The van der Waals surface area contributed by atoms with Gasteiger partial charge in [0.2, 0.25) is 0 Å². The zero-order valence-corrected chi connectivity index (χ0v) is 12.7. The standard InChI is InChI=1S/C10H10Br2N2O4/c1-17-7-3-6(11)8(12)5(9(7)15)4-13-14-10(16)18-2/h3-4,15H,1-2H3,(H,14,16). The van der Waals surface area contributed by atoms with Crippen LogP contribution in [-0.4, -0.2) is 31.6 Å². The highest BCUT2D eigenvalue weighted by Gasteiger charge is 2.14. The molecule has 1 aromatic rings. The summed E-state index contributed by atoms with van der Waals surface area (Å²) in [6, 6.07) is 1.60. The second-order valence-electron chi connectivity index (χ2n) is 3.00. The smallest absolute Gasteiger partial charge is 0.427 e. The molecule has 1 aromatic carbocycles. The van der Waals surface area contributed by atoms with Gasteiger partial charge in [-0.05, 0) is 37.9 Å². The SMILES string of the molecule is COC(=O)NN=Cc1c(O)c(OC)cc(Br)c1Br. The number of aromatic hydroxyl groups is 1. The van der Waals surface area contributed by atoms with Gasteiger partial charge in [-0.1, -0.05) is 0 Å². The van der Waals surface area contributed by atoms with E-state index in [0.717, 1.165) is 0 Å². The first-order chi connectivity index (χ1) is 8.51. The average Bonchev–Trinajstić information content (AvgIpc) is 2.37. The highest BCUT2D eigenvalue weighted by molar-refractivity contribution is 9.13. The largest absolute Gasteiger partial charge is 0.504 e. The van der Waals surface area contributed by atoms with E-state index in [0.29, 0.717) is 14.5 Å². The Balaban J connectivity index is 3.07. The highest BCUT2D eigenvalue weighted by Crippen LogP contribution is 2.39. The minimum absolute atomic E-state index is 0.0945. The average molecular weight is 382 g/mol. The number of rotatable bonds is 3. The summed E-state index contributed by atoms with van der Waals surface area (Å²) in [6.45, 7) is 0. The molecule has 0 saturated heterocycles. The van der Waals surface area contributed by atoms with Gasteiger partial charge in [0.15, 0.2) is 11.5 Å². The molecule has 0 atom stereocenters. The number of phenolic OH excluding ortho intramolecular Hbond substituents is 1. The van der Waals surface area contributed by atoms with Crippen molar-refractivity contribution in [3.05, 3.63) is 20.6 Å². The second-order valence-corrected chi connectivity index (χ2v) is 4.65. The maximum atomic E-state index is 10.8. The molecule has 0 unspecified atom stereocenters. The number of hydrazone groups is 1. The molecule has 8 heteroatoms. The van der Waals surface area contributed by atoms with Gasteiger partial charge in [0, 0.05) is 8.95 Å². The van der Waals surface area contributed by atoms with Crippen molar-refractivity contribution >= 4 is 44.2 Å². The predicted molar refractivity (Wildman–Crippen MR) is 73.2 cm³/mol. The van der Waals surface area contributed by atoms with Crippen molar-refractivity contribution in [1.82, 2.24) is 5.43 Å². The van der Waals surface area contributed by atoms with Gasteiger partial charge >= 0.3 is 6.09 Å². The van der Waals surface area contributed by atoms with Crippen LogP contribution in [0, 0.1) is 0 Å². The minimum Gasteiger partial charge on any atom is -0.504 e. The lowest BCUT2D eigenvalue weighted by Crippen LogP contribution is -2.16. The Bertz CT molecular complexity index is 491. The zero-order chi connectivity index (χ0) is 13.7. The van der Waals surface area contributed by atoms with Crippen LogP contribution < -0.4 is 10.2 Å². The first kappa shape index (κ1) is 14.8. The van der Waals surface area contributed by atoms with Gasteiger partial charge in [0.1, 0.15) is 0 Å². The van der Waals surface area contributed by atoms with E-state index < -0.39 is 6.09 Å². The number of nitrogens with one attached hydrogen (secondary N) is 1. The van der Waals surface area contributed by atoms with Crippen LogP contribution in [0.3, 0.4) is 0 Å². The normalized spacial score (nSPS) is 10.4. The molecular weight excluding hydrogens is 372 g/mol. The molecule has 0 aromatic heterocycles. The van der Waals surface area contributed by atoms with E-state index in [4.69, 9.17) is 4.74 Å². The molecule has 6 nitrogen and oxygen atoms in total. The third-order valence-electron chi connectivity index (χ3n) is 1.95. The van der Waals surface area contributed by atoms with Gasteiger partial charge < -0.3 is 14.6 Å². The molecule has 0 bridgehead atoms. The Hall–Kier alpha value is -1.28. The molecule has 18 heavy (non-hydrogen) atoms.